The Kier molecular flexibility index (Phi) is 6.63. The van der Waals surface area contributed by atoms with Crippen LogP contribution in [-0.2, 0) is 16.8 Å². The molecule has 35 heavy (non-hydrogen) atoms. The molecule has 1 aromatic heterocycles. The van der Waals surface area contributed by atoms with Crippen molar-refractivity contribution in [1.29, 1.82) is 0 Å². The molecule has 180 valence electrons. The third-order valence-electron chi connectivity index (χ3n) is 7.35. The summed E-state index contributed by atoms with van der Waals surface area (Å²) in [6.07, 6.45) is 6.34. The van der Waals surface area contributed by atoms with E-state index < -0.39 is 11.6 Å². The molecule has 1 saturated carbocycles. The molecule has 5 nitrogen and oxygen atoms in total. The van der Waals surface area contributed by atoms with E-state index in [1.807, 2.05) is 59.3 Å². The fourth-order valence-corrected chi connectivity index (χ4v) is 5.73. The van der Waals surface area contributed by atoms with Gasteiger partial charge in [0, 0.05) is 23.9 Å². The van der Waals surface area contributed by atoms with Gasteiger partial charge in [-0.1, -0.05) is 61.2 Å². The Bertz CT molecular complexity index is 1320. The lowest BCUT2D eigenvalue weighted by molar-refractivity contribution is -0.0795. The lowest BCUT2D eigenvalue weighted by Crippen LogP contribution is -2.42. The maximum Gasteiger partial charge on any atom is 0.335 e. The minimum Gasteiger partial charge on any atom is -0.478 e. The predicted molar refractivity (Wildman–Crippen MR) is 138 cm³/mol. The molecule has 0 radical (unpaired) electrons. The number of aromatic nitrogens is 2. The molecule has 3 aromatic carbocycles. The van der Waals surface area contributed by atoms with E-state index in [2.05, 4.69) is 6.07 Å². The number of fused-ring (bicyclic) bond motifs is 1. The fraction of sp³-hybridized carbons (Fsp3) is 0.310. The molecular formula is C29H29ClN2O3. The monoisotopic (exact) mass is 488 g/mol. The molecule has 0 aliphatic heterocycles. The molecule has 5 rings (SSSR count). The van der Waals surface area contributed by atoms with Crippen molar-refractivity contribution in [1.82, 2.24) is 9.78 Å². The van der Waals surface area contributed by atoms with Gasteiger partial charge in [0.05, 0.1) is 22.5 Å². The van der Waals surface area contributed by atoms with E-state index in [1.54, 1.807) is 19.2 Å². The molecule has 6 heteroatoms. The minimum absolute atomic E-state index is 0.283. The van der Waals surface area contributed by atoms with E-state index in [0.29, 0.717) is 17.4 Å². The number of aromatic carboxylic acids is 1. The third-order valence-corrected chi connectivity index (χ3v) is 7.60. The summed E-state index contributed by atoms with van der Waals surface area (Å²) >= 11 is 6.20. The number of ether oxygens (including phenoxy) is 1. The zero-order valence-electron chi connectivity index (χ0n) is 19.8. The lowest BCUT2D eigenvalue weighted by atomic mass is 9.71. The third kappa shape index (κ3) is 4.46. The van der Waals surface area contributed by atoms with Gasteiger partial charge in [0.2, 0.25) is 0 Å². The van der Waals surface area contributed by atoms with Crippen molar-refractivity contribution in [3.8, 4) is 5.69 Å². The van der Waals surface area contributed by atoms with Gasteiger partial charge in [0.1, 0.15) is 5.60 Å². The quantitative estimate of drug-likeness (QED) is 0.303. The van der Waals surface area contributed by atoms with E-state index >= 15 is 0 Å². The van der Waals surface area contributed by atoms with Crippen molar-refractivity contribution in [2.24, 2.45) is 5.92 Å². The first-order chi connectivity index (χ1) is 17.0. The Balaban J connectivity index is 1.73. The van der Waals surface area contributed by atoms with Crippen LogP contribution in [-0.4, -0.2) is 28.0 Å². The largest absolute Gasteiger partial charge is 0.478 e. The highest BCUT2D eigenvalue weighted by Crippen LogP contribution is 2.47. The normalized spacial score (nSPS) is 16.3. The summed E-state index contributed by atoms with van der Waals surface area (Å²) in [5.41, 5.74) is 3.56. The summed E-state index contributed by atoms with van der Waals surface area (Å²) in [5.74, 6) is -0.625. The van der Waals surface area contributed by atoms with E-state index in [-0.39, 0.29) is 5.56 Å². The number of hydrogen-bond acceptors (Lipinski definition) is 3. The summed E-state index contributed by atoms with van der Waals surface area (Å²) in [6, 6.07) is 23.1. The standard InChI is InChI=1S/C29H29ClN2O3/c1-35-29(22-7-3-2-4-8-22,19-20-11-13-21(14-12-20)28(33)34)27-25-9-5-6-10-26(25)31-32(27)24-17-15-23(30)16-18-24/h5-6,9-18,22H,2-4,7-8,19H2,1H3,(H,33,34). The van der Waals surface area contributed by atoms with Crippen LogP contribution in [0.3, 0.4) is 0 Å². The van der Waals surface area contributed by atoms with Gasteiger partial charge in [0.15, 0.2) is 0 Å². The smallest absolute Gasteiger partial charge is 0.335 e. The molecule has 0 amide bonds. The molecular weight excluding hydrogens is 460 g/mol. The van der Waals surface area contributed by atoms with Crippen LogP contribution in [0.2, 0.25) is 5.02 Å². The van der Waals surface area contributed by atoms with Gasteiger partial charge in [0.25, 0.3) is 0 Å². The Morgan fingerprint density at radius 2 is 1.71 bits per heavy atom. The number of rotatable bonds is 7. The first-order valence-electron chi connectivity index (χ1n) is 12.1. The second kappa shape index (κ2) is 9.84. The van der Waals surface area contributed by atoms with Crippen molar-refractivity contribution in [2.75, 3.05) is 7.11 Å². The maximum absolute atomic E-state index is 11.4. The van der Waals surface area contributed by atoms with Crippen molar-refractivity contribution >= 4 is 28.5 Å². The van der Waals surface area contributed by atoms with Gasteiger partial charge in [-0.3, -0.25) is 0 Å². The van der Waals surface area contributed by atoms with E-state index in [4.69, 9.17) is 21.4 Å². The van der Waals surface area contributed by atoms with Crippen LogP contribution in [0.4, 0.5) is 0 Å². The van der Waals surface area contributed by atoms with Crippen molar-refractivity contribution < 1.29 is 14.6 Å². The zero-order chi connectivity index (χ0) is 24.4. The van der Waals surface area contributed by atoms with Gasteiger partial charge < -0.3 is 9.84 Å². The van der Waals surface area contributed by atoms with Gasteiger partial charge in [-0.2, -0.15) is 5.10 Å². The number of nitrogens with zero attached hydrogens (tertiary/aromatic N) is 2. The number of carboxylic acid groups (broad SMARTS) is 1. The first-order valence-corrected chi connectivity index (χ1v) is 12.5. The number of hydrogen-bond donors (Lipinski definition) is 1. The van der Waals surface area contributed by atoms with Crippen LogP contribution in [0.5, 0.6) is 0 Å². The molecule has 1 heterocycles. The van der Waals surface area contributed by atoms with Crippen LogP contribution < -0.4 is 0 Å². The summed E-state index contributed by atoms with van der Waals surface area (Å²) in [6.45, 7) is 0. The number of methoxy groups -OCH3 is 1. The Hall–Kier alpha value is -3.15. The summed E-state index contributed by atoms with van der Waals surface area (Å²) in [7, 11) is 1.80. The average Bonchev–Trinajstić information content (AvgIpc) is 3.28. The summed E-state index contributed by atoms with van der Waals surface area (Å²) in [5, 5.41) is 16.1. The van der Waals surface area contributed by atoms with Crippen LogP contribution in [0.1, 0.15) is 53.7 Å². The second-order valence-electron chi connectivity index (χ2n) is 9.36. The van der Waals surface area contributed by atoms with E-state index in [0.717, 1.165) is 40.7 Å². The topological polar surface area (TPSA) is 64.3 Å². The molecule has 0 bridgehead atoms. The molecule has 1 fully saturated rings. The van der Waals surface area contributed by atoms with Crippen LogP contribution >= 0.6 is 11.6 Å². The van der Waals surface area contributed by atoms with Gasteiger partial charge >= 0.3 is 5.97 Å². The van der Waals surface area contributed by atoms with Crippen molar-refractivity contribution in [2.45, 2.75) is 44.1 Å². The Morgan fingerprint density at radius 1 is 1.03 bits per heavy atom. The molecule has 1 N–H and O–H groups in total. The van der Waals surface area contributed by atoms with E-state index in [9.17, 15) is 9.90 Å². The van der Waals surface area contributed by atoms with Crippen LogP contribution in [0.15, 0.2) is 72.8 Å². The molecule has 0 saturated heterocycles. The second-order valence-corrected chi connectivity index (χ2v) is 9.80. The zero-order valence-corrected chi connectivity index (χ0v) is 20.5. The van der Waals surface area contributed by atoms with Gasteiger partial charge in [-0.25, -0.2) is 9.48 Å². The Labute approximate surface area is 210 Å². The van der Waals surface area contributed by atoms with Crippen molar-refractivity contribution in [3.63, 3.8) is 0 Å². The molecule has 1 aliphatic rings. The van der Waals surface area contributed by atoms with Gasteiger partial charge in [-0.15, -0.1) is 0 Å². The number of halogens is 1. The van der Waals surface area contributed by atoms with Crippen LogP contribution in [0, 0.1) is 5.92 Å². The molecule has 1 aliphatic carbocycles. The fourth-order valence-electron chi connectivity index (χ4n) is 5.60. The summed E-state index contributed by atoms with van der Waals surface area (Å²) in [4.78, 5) is 11.4. The molecule has 1 atom stereocenters. The highest BCUT2D eigenvalue weighted by atomic mass is 35.5. The number of carboxylic acids is 1. The van der Waals surface area contributed by atoms with Gasteiger partial charge in [-0.05, 0) is 66.8 Å². The molecule has 1 unspecified atom stereocenters. The lowest BCUT2D eigenvalue weighted by Gasteiger charge is -2.42. The average molecular weight is 489 g/mol. The van der Waals surface area contributed by atoms with E-state index in [1.165, 1.54) is 19.3 Å². The predicted octanol–water partition coefficient (Wildman–Crippen LogP) is 7.04. The molecule has 4 aromatic rings. The highest BCUT2D eigenvalue weighted by Gasteiger charge is 2.45. The first kappa shape index (κ1) is 23.6. The highest BCUT2D eigenvalue weighted by molar-refractivity contribution is 6.30. The maximum atomic E-state index is 11.4. The summed E-state index contributed by atoms with van der Waals surface area (Å²) < 4.78 is 8.61. The molecule has 0 spiro atoms. The number of benzene rings is 3. The van der Waals surface area contributed by atoms with Crippen LogP contribution in [0.25, 0.3) is 16.6 Å². The Morgan fingerprint density at radius 3 is 2.37 bits per heavy atom. The SMILES string of the molecule is COC(Cc1ccc(C(=O)O)cc1)(c1c2ccccc2nn1-c1ccc(Cl)cc1)C1CCCCC1. The van der Waals surface area contributed by atoms with Crippen molar-refractivity contribution in [3.05, 3.63) is 94.6 Å². The number of carbonyl (C=O) groups is 1. The minimum atomic E-state index is -0.923.